The van der Waals surface area contributed by atoms with Crippen molar-refractivity contribution in [1.29, 1.82) is 0 Å². The van der Waals surface area contributed by atoms with E-state index >= 15 is 0 Å². The number of ether oxygens (including phenoxy) is 1. The molecule has 1 amide bonds. The second-order valence-corrected chi connectivity index (χ2v) is 22.1. The molecule has 6 nitrogen and oxygen atoms in total. The van der Waals surface area contributed by atoms with Crippen molar-refractivity contribution in [2.45, 2.75) is 373 Å². The minimum atomic E-state index is -0.661. The molecular weight excluding hydrogens is 863 g/mol. The minimum Gasteiger partial charge on any atom is -0.466 e. The molecule has 0 aliphatic rings. The van der Waals surface area contributed by atoms with E-state index in [2.05, 4.69) is 31.3 Å². The Morgan fingerprint density at radius 3 is 1.04 bits per heavy atom. The molecular formula is C64H125NO5. The zero-order valence-electron chi connectivity index (χ0n) is 47.5. The van der Waals surface area contributed by atoms with Crippen molar-refractivity contribution in [3.05, 3.63) is 12.2 Å². The van der Waals surface area contributed by atoms with Crippen LogP contribution in [0.4, 0.5) is 0 Å². The molecule has 0 aromatic carbocycles. The fourth-order valence-electron chi connectivity index (χ4n) is 10.2. The summed E-state index contributed by atoms with van der Waals surface area (Å²) in [6.07, 6.45) is 72.4. The lowest BCUT2D eigenvalue weighted by molar-refractivity contribution is -0.143. The molecule has 0 spiro atoms. The molecule has 0 aromatic heterocycles. The fraction of sp³-hybridized carbons (Fsp3) is 0.938. The Morgan fingerprint density at radius 2 is 0.671 bits per heavy atom. The quantitative estimate of drug-likeness (QED) is 0.0321. The van der Waals surface area contributed by atoms with Gasteiger partial charge in [0.25, 0.3) is 0 Å². The van der Waals surface area contributed by atoms with Crippen LogP contribution in [0.1, 0.15) is 361 Å². The van der Waals surface area contributed by atoms with E-state index in [1.807, 2.05) is 0 Å². The first-order valence-corrected chi connectivity index (χ1v) is 31.9. The molecule has 0 bridgehead atoms. The predicted molar refractivity (Wildman–Crippen MR) is 306 cm³/mol. The first-order valence-electron chi connectivity index (χ1n) is 31.9. The summed E-state index contributed by atoms with van der Waals surface area (Å²) in [6, 6.07) is -0.538. The van der Waals surface area contributed by atoms with E-state index in [0.717, 1.165) is 44.9 Å². The van der Waals surface area contributed by atoms with E-state index in [1.165, 1.54) is 283 Å². The lowest BCUT2D eigenvalue weighted by Gasteiger charge is -2.22. The van der Waals surface area contributed by atoms with Crippen molar-refractivity contribution in [3.63, 3.8) is 0 Å². The smallest absolute Gasteiger partial charge is 0.305 e. The summed E-state index contributed by atoms with van der Waals surface area (Å²) in [4.78, 5) is 24.5. The number of amides is 1. The second-order valence-electron chi connectivity index (χ2n) is 22.1. The van der Waals surface area contributed by atoms with Crippen LogP contribution < -0.4 is 5.32 Å². The van der Waals surface area contributed by atoms with Crippen LogP contribution in [0.5, 0.6) is 0 Å². The topological polar surface area (TPSA) is 95.9 Å². The van der Waals surface area contributed by atoms with Gasteiger partial charge in [-0.1, -0.05) is 309 Å². The van der Waals surface area contributed by atoms with Gasteiger partial charge in [-0.15, -0.1) is 0 Å². The Bertz CT molecular complexity index is 1050. The van der Waals surface area contributed by atoms with Gasteiger partial charge in [0.1, 0.15) is 0 Å². The minimum absolute atomic E-state index is 0.00849. The molecule has 0 saturated carbocycles. The first kappa shape index (κ1) is 68.6. The van der Waals surface area contributed by atoms with Crippen LogP contribution in [0.2, 0.25) is 0 Å². The molecule has 0 aliphatic heterocycles. The zero-order chi connectivity index (χ0) is 50.7. The van der Waals surface area contributed by atoms with Crippen molar-refractivity contribution in [1.82, 2.24) is 5.32 Å². The molecule has 2 unspecified atom stereocenters. The highest BCUT2D eigenvalue weighted by Crippen LogP contribution is 2.18. The van der Waals surface area contributed by atoms with Gasteiger partial charge >= 0.3 is 5.97 Å². The van der Waals surface area contributed by atoms with Gasteiger partial charge in [-0.25, -0.2) is 0 Å². The average molecular weight is 989 g/mol. The number of unbranched alkanes of at least 4 members (excludes halogenated alkanes) is 47. The second kappa shape index (κ2) is 60.2. The number of esters is 1. The monoisotopic (exact) mass is 988 g/mol. The van der Waals surface area contributed by atoms with Gasteiger partial charge in [0.2, 0.25) is 5.91 Å². The maximum atomic E-state index is 12.5. The van der Waals surface area contributed by atoms with Crippen LogP contribution in [0.25, 0.3) is 0 Å². The van der Waals surface area contributed by atoms with Crippen LogP contribution in [0.15, 0.2) is 12.2 Å². The number of aliphatic hydroxyl groups is 2. The Morgan fingerprint density at radius 1 is 0.386 bits per heavy atom. The number of hydrogen-bond donors (Lipinski definition) is 3. The number of hydrogen-bond acceptors (Lipinski definition) is 5. The molecule has 0 aromatic rings. The maximum Gasteiger partial charge on any atom is 0.305 e. The van der Waals surface area contributed by atoms with Crippen LogP contribution >= 0.6 is 0 Å². The highest BCUT2D eigenvalue weighted by molar-refractivity contribution is 5.76. The van der Waals surface area contributed by atoms with Crippen molar-refractivity contribution >= 4 is 11.9 Å². The molecule has 3 N–H and O–H groups in total. The lowest BCUT2D eigenvalue weighted by Crippen LogP contribution is -2.45. The Balaban J connectivity index is 3.34. The molecule has 0 radical (unpaired) electrons. The van der Waals surface area contributed by atoms with Gasteiger partial charge in [0.05, 0.1) is 25.4 Å². The largest absolute Gasteiger partial charge is 0.466 e. The van der Waals surface area contributed by atoms with Gasteiger partial charge in [0.15, 0.2) is 0 Å². The fourth-order valence-corrected chi connectivity index (χ4v) is 10.2. The van der Waals surface area contributed by atoms with E-state index in [9.17, 15) is 19.8 Å². The summed E-state index contributed by atoms with van der Waals surface area (Å²) in [7, 11) is 0. The third-order valence-electron chi connectivity index (χ3n) is 15.1. The van der Waals surface area contributed by atoms with Crippen LogP contribution in [-0.4, -0.2) is 47.4 Å². The normalized spacial score (nSPS) is 12.6. The lowest BCUT2D eigenvalue weighted by atomic mass is 10.0. The number of aliphatic hydroxyl groups excluding tert-OH is 2. The highest BCUT2D eigenvalue weighted by atomic mass is 16.5. The first-order chi connectivity index (χ1) is 34.5. The summed E-state index contributed by atoms with van der Waals surface area (Å²) in [5, 5.41) is 23.3. The van der Waals surface area contributed by atoms with E-state index in [0.29, 0.717) is 25.9 Å². The maximum absolute atomic E-state index is 12.5. The summed E-state index contributed by atoms with van der Waals surface area (Å²) in [5.41, 5.74) is 0. The molecule has 416 valence electrons. The summed E-state index contributed by atoms with van der Waals surface area (Å²) in [6.45, 7) is 4.95. The zero-order valence-corrected chi connectivity index (χ0v) is 47.5. The van der Waals surface area contributed by atoms with Crippen LogP contribution in [0.3, 0.4) is 0 Å². The molecule has 0 heterocycles. The molecule has 6 heteroatoms. The molecule has 0 aliphatic carbocycles. The van der Waals surface area contributed by atoms with Gasteiger partial charge in [-0.05, 0) is 51.4 Å². The van der Waals surface area contributed by atoms with Crippen molar-refractivity contribution in [2.75, 3.05) is 13.2 Å². The number of nitrogens with one attached hydrogen (secondary N) is 1. The molecule has 0 rings (SSSR count). The van der Waals surface area contributed by atoms with Crippen LogP contribution in [-0.2, 0) is 14.3 Å². The molecule has 0 saturated heterocycles. The number of allylic oxidation sites excluding steroid dienone is 2. The number of carbonyl (C=O) groups excluding carboxylic acids is 2. The van der Waals surface area contributed by atoms with Gasteiger partial charge in [0, 0.05) is 12.8 Å². The van der Waals surface area contributed by atoms with Crippen molar-refractivity contribution in [2.24, 2.45) is 0 Å². The SMILES string of the molecule is CCCCC/C=C\CCCCCCCC(=O)OCCCCCCCCCCCCCCCCCCCCCCCCCCCCCC(=O)NC(CO)C(O)CCCCCCCCCCCCCCCC. The van der Waals surface area contributed by atoms with E-state index in [4.69, 9.17) is 4.74 Å². The standard InChI is InChI=1S/C64H125NO5/c1-3-5-7-9-11-13-15-17-33-36-40-44-48-52-56-62(67)61(60-66)65-63(68)57-53-49-45-41-37-34-31-29-27-25-23-21-19-18-20-22-24-26-28-30-32-35-39-43-47-51-55-59-70-64(69)58-54-50-46-42-38-16-14-12-10-8-6-4-2/h12,14,61-62,66-67H,3-11,13,15-60H2,1-2H3,(H,65,68)/b14-12-. The van der Waals surface area contributed by atoms with E-state index in [1.54, 1.807) is 0 Å². The van der Waals surface area contributed by atoms with Crippen molar-refractivity contribution in [3.8, 4) is 0 Å². The van der Waals surface area contributed by atoms with E-state index < -0.39 is 12.1 Å². The average Bonchev–Trinajstić information content (AvgIpc) is 3.36. The predicted octanol–water partition coefficient (Wildman–Crippen LogP) is 20.0. The van der Waals surface area contributed by atoms with Gasteiger partial charge in [-0.2, -0.15) is 0 Å². The molecule has 0 fully saturated rings. The Labute approximate surface area is 438 Å². The Kier molecular flexibility index (Phi) is 59.0. The summed E-state index contributed by atoms with van der Waals surface area (Å²) < 4.78 is 5.47. The number of carbonyl (C=O) groups is 2. The van der Waals surface area contributed by atoms with Gasteiger partial charge < -0.3 is 20.3 Å². The Hall–Kier alpha value is -1.40. The van der Waals surface area contributed by atoms with Crippen LogP contribution in [0, 0.1) is 0 Å². The van der Waals surface area contributed by atoms with E-state index in [-0.39, 0.29) is 18.5 Å². The highest BCUT2D eigenvalue weighted by Gasteiger charge is 2.20. The van der Waals surface area contributed by atoms with Gasteiger partial charge in [-0.3, -0.25) is 9.59 Å². The third kappa shape index (κ3) is 55.9. The third-order valence-corrected chi connectivity index (χ3v) is 15.1. The molecule has 70 heavy (non-hydrogen) atoms. The van der Waals surface area contributed by atoms with Crippen molar-refractivity contribution < 1.29 is 24.5 Å². The number of rotatable bonds is 60. The summed E-state index contributed by atoms with van der Waals surface area (Å²) in [5.74, 6) is -0.0215. The molecule has 2 atom stereocenters. The summed E-state index contributed by atoms with van der Waals surface area (Å²) >= 11 is 0.